The van der Waals surface area contributed by atoms with E-state index in [2.05, 4.69) is 55.0 Å². The Morgan fingerprint density at radius 3 is 2.50 bits per heavy atom. The Morgan fingerprint density at radius 1 is 1.25 bits per heavy atom. The summed E-state index contributed by atoms with van der Waals surface area (Å²) in [5, 5.41) is 0. The van der Waals surface area contributed by atoms with Crippen molar-refractivity contribution >= 4 is 0 Å². The molecule has 2 aromatic rings. The molecule has 0 spiro atoms. The smallest absolute Gasteiger partial charge is 0.0991 e. The van der Waals surface area contributed by atoms with Gasteiger partial charge < -0.3 is 15.2 Å². The molecular weight excluding hydrogens is 248 g/mol. The predicted molar refractivity (Wildman–Crippen MR) is 82.7 cm³/mol. The number of hydrogen-bond donors (Lipinski definition) is 1. The van der Waals surface area contributed by atoms with Gasteiger partial charge in [0.25, 0.3) is 0 Å². The van der Waals surface area contributed by atoms with Gasteiger partial charge in [-0.05, 0) is 36.7 Å². The quantitative estimate of drug-likeness (QED) is 0.877. The van der Waals surface area contributed by atoms with Gasteiger partial charge in [0.1, 0.15) is 0 Å². The molecule has 1 aromatic heterocycles. The molecule has 108 valence electrons. The SMILES string of the molecule is CN(Cc1ccc(-n2ccnc2)cc1)CC(C)(C)CN. The maximum Gasteiger partial charge on any atom is 0.0991 e. The summed E-state index contributed by atoms with van der Waals surface area (Å²) in [5.74, 6) is 0. The molecule has 2 N–H and O–H groups in total. The van der Waals surface area contributed by atoms with Crippen LogP contribution in [0.4, 0.5) is 0 Å². The molecule has 0 fully saturated rings. The van der Waals surface area contributed by atoms with Crippen molar-refractivity contribution in [2.45, 2.75) is 20.4 Å². The third kappa shape index (κ3) is 3.92. The van der Waals surface area contributed by atoms with Crippen LogP contribution >= 0.6 is 0 Å². The average Bonchev–Trinajstić information content (AvgIpc) is 2.93. The zero-order valence-corrected chi connectivity index (χ0v) is 12.6. The fourth-order valence-electron chi connectivity index (χ4n) is 2.35. The lowest BCUT2D eigenvalue weighted by Gasteiger charge is -2.29. The van der Waals surface area contributed by atoms with Crippen LogP contribution in [0.15, 0.2) is 43.0 Å². The van der Waals surface area contributed by atoms with E-state index in [9.17, 15) is 0 Å². The van der Waals surface area contributed by atoms with E-state index in [1.165, 1.54) is 5.56 Å². The molecule has 4 heteroatoms. The van der Waals surface area contributed by atoms with E-state index in [1.54, 1.807) is 6.20 Å². The average molecular weight is 272 g/mol. The first-order valence-corrected chi connectivity index (χ1v) is 6.96. The van der Waals surface area contributed by atoms with Gasteiger partial charge in [-0.2, -0.15) is 0 Å². The lowest BCUT2D eigenvalue weighted by molar-refractivity contribution is 0.210. The normalized spacial score (nSPS) is 12.1. The van der Waals surface area contributed by atoms with Crippen LogP contribution in [0, 0.1) is 5.41 Å². The molecule has 0 aliphatic carbocycles. The number of hydrogen-bond acceptors (Lipinski definition) is 3. The van der Waals surface area contributed by atoms with Crippen LogP contribution in [0.3, 0.4) is 0 Å². The first kappa shape index (κ1) is 14.8. The molecule has 0 atom stereocenters. The Balaban J connectivity index is 1.97. The maximum atomic E-state index is 5.79. The van der Waals surface area contributed by atoms with Crippen LogP contribution in [0.2, 0.25) is 0 Å². The van der Waals surface area contributed by atoms with E-state index < -0.39 is 0 Å². The standard InChI is InChI=1S/C16H24N4/c1-16(2,11-17)12-19(3)10-14-4-6-15(7-5-14)20-9-8-18-13-20/h4-9,13H,10-12,17H2,1-3H3. The largest absolute Gasteiger partial charge is 0.330 e. The number of imidazole rings is 1. The van der Waals surface area contributed by atoms with Crippen molar-refractivity contribution in [1.29, 1.82) is 0 Å². The Kier molecular flexibility index (Phi) is 4.57. The van der Waals surface area contributed by atoms with Crippen molar-refractivity contribution in [2.24, 2.45) is 11.1 Å². The van der Waals surface area contributed by atoms with E-state index in [0.29, 0.717) is 6.54 Å². The molecule has 0 aliphatic heterocycles. The number of rotatable bonds is 6. The van der Waals surface area contributed by atoms with Crippen molar-refractivity contribution in [1.82, 2.24) is 14.5 Å². The van der Waals surface area contributed by atoms with Crippen molar-refractivity contribution < 1.29 is 0 Å². The predicted octanol–water partition coefficient (Wildman–Crippen LogP) is 2.29. The van der Waals surface area contributed by atoms with Gasteiger partial charge in [-0.3, -0.25) is 0 Å². The summed E-state index contributed by atoms with van der Waals surface area (Å²) in [6.07, 6.45) is 5.55. The molecule has 0 amide bonds. The molecule has 20 heavy (non-hydrogen) atoms. The molecule has 4 nitrogen and oxygen atoms in total. The Bertz CT molecular complexity index is 514. The van der Waals surface area contributed by atoms with E-state index in [1.807, 2.05) is 17.1 Å². The van der Waals surface area contributed by atoms with Crippen molar-refractivity contribution in [2.75, 3.05) is 20.1 Å². The van der Waals surface area contributed by atoms with Crippen LogP contribution in [0.5, 0.6) is 0 Å². The Morgan fingerprint density at radius 2 is 1.95 bits per heavy atom. The third-order valence-corrected chi connectivity index (χ3v) is 3.44. The number of aromatic nitrogens is 2. The van der Waals surface area contributed by atoms with Gasteiger partial charge in [-0.1, -0.05) is 26.0 Å². The van der Waals surface area contributed by atoms with Crippen LogP contribution < -0.4 is 5.73 Å². The highest BCUT2D eigenvalue weighted by atomic mass is 15.1. The topological polar surface area (TPSA) is 47.1 Å². The fraction of sp³-hybridized carbons (Fsp3) is 0.438. The molecule has 0 unspecified atom stereocenters. The van der Waals surface area contributed by atoms with Crippen LogP contribution in [0.25, 0.3) is 5.69 Å². The van der Waals surface area contributed by atoms with Gasteiger partial charge in [-0.25, -0.2) is 4.98 Å². The summed E-state index contributed by atoms with van der Waals surface area (Å²) in [4.78, 5) is 6.38. The van der Waals surface area contributed by atoms with Gasteiger partial charge in [-0.15, -0.1) is 0 Å². The monoisotopic (exact) mass is 272 g/mol. The van der Waals surface area contributed by atoms with E-state index >= 15 is 0 Å². The third-order valence-electron chi connectivity index (χ3n) is 3.44. The molecule has 1 heterocycles. The first-order valence-electron chi connectivity index (χ1n) is 6.96. The van der Waals surface area contributed by atoms with Gasteiger partial charge in [0.15, 0.2) is 0 Å². The van der Waals surface area contributed by atoms with Gasteiger partial charge >= 0.3 is 0 Å². The van der Waals surface area contributed by atoms with Crippen LogP contribution in [-0.2, 0) is 6.54 Å². The van der Waals surface area contributed by atoms with E-state index in [4.69, 9.17) is 5.73 Å². The lowest BCUT2D eigenvalue weighted by Crippen LogP contribution is -2.36. The zero-order chi connectivity index (χ0) is 14.6. The first-order chi connectivity index (χ1) is 9.50. The molecule has 0 radical (unpaired) electrons. The summed E-state index contributed by atoms with van der Waals surface area (Å²) in [5.41, 5.74) is 8.39. The van der Waals surface area contributed by atoms with Crippen LogP contribution in [-0.4, -0.2) is 34.6 Å². The maximum absolute atomic E-state index is 5.79. The summed E-state index contributed by atoms with van der Waals surface area (Å²) in [6, 6.07) is 8.58. The second-order valence-electron chi connectivity index (χ2n) is 6.18. The van der Waals surface area contributed by atoms with Gasteiger partial charge in [0.2, 0.25) is 0 Å². The highest BCUT2D eigenvalue weighted by Crippen LogP contribution is 2.16. The van der Waals surface area contributed by atoms with E-state index in [-0.39, 0.29) is 5.41 Å². The fourth-order valence-corrected chi connectivity index (χ4v) is 2.35. The van der Waals surface area contributed by atoms with Crippen molar-refractivity contribution in [3.63, 3.8) is 0 Å². The minimum absolute atomic E-state index is 0.158. The highest BCUT2D eigenvalue weighted by Gasteiger charge is 2.17. The molecule has 0 bridgehead atoms. The molecule has 2 rings (SSSR count). The molecular formula is C16H24N4. The summed E-state index contributed by atoms with van der Waals surface area (Å²) in [7, 11) is 2.14. The number of nitrogens with two attached hydrogens (primary N) is 1. The van der Waals surface area contributed by atoms with E-state index in [0.717, 1.165) is 18.8 Å². The lowest BCUT2D eigenvalue weighted by atomic mass is 9.93. The molecule has 0 saturated carbocycles. The minimum Gasteiger partial charge on any atom is -0.330 e. The molecule has 0 saturated heterocycles. The zero-order valence-electron chi connectivity index (χ0n) is 12.6. The highest BCUT2D eigenvalue weighted by molar-refractivity contribution is 5.34. The summed E-state index contributed by atoms with van der Waals surface area (Å²) < 4.78 is 2.00. The Hall–Kier alpha value is -1.65. The Labute approximate surface area is 121 Å². The van der Waals surface area contributed by atoms with Crippen molar-refractivity contribution in [3.8, 4) is 5.69 Å². The summed E-state index contributed by atoms with van der Waals surface area (Å²) >= 11 is 0. The second-order valence-corrected chi connectivity index (χ2v) is 6.18. The molecule has 1 aromatic carbocycles. The van der Waals surface area contributed by atoms with Crippen molar-refractivity contribution in [3.05, 3.63) is 48.5 Å². The number of benzene rings is 1. The van der Waals surface area contributed by atoms with Gasteiger partial charge in [0, 0.05) is 31.2 Å². The van der Waals surface area contributed by atoms with Gasteiger partial charge in [0.05, 0.1) is 6.33 Å². The summed E-state index contributed by atoms with van der Waals surface area (Å²) in [6.45, 7) is 7.04. The van der Waals surface area contributed by atoms with Crippen LogP contribution in [0.1, 0.15) is 19.4 Å². The minimum atomic E-state index is 0.158. The number of nitrogens with zero attached hydrogens (tertiary/aromatic N) is 3. The second kappa shape index (κ2) is 6.20. The molecule has 0 aliphatic rings.